The van der Waals surface area contributed by atoms with E-state index in [0.717, 1.165) is 11.4 Å². The summed E-state index contributed by atoms with van der Waals surface area (Å²) in [6, 6.07) is 7.92. The molecule has 1 aliphatic heterocycles. The van der Waals surface area contributed by atoms with E-state index in [-0.39, 0.29) is 11.9 Å². The number of nitrogens with zero attached hydrogens (tertiary/aromatic N) is 1. The Labute approximate surface area is 96.0 Å². The first-order valence-corrected chi connectivity index (χ1v) is 5.59. The molecule has 0 saturated carbocycles. The maximum absolute atomic E-state index is 11.8. The monoisotopic (exact) mass is 219 g/mol. The highest BCUT2D eigenvalue weighted by atomic mass is 16.5. The Balaban J connectivity index is 2.26. The van der Waals surface area contributed by atoms with Crippen LogP contribution in [0, 0.1) is 5.92 Å². The normalized spacial score (nSPS) is 24.9. The topological polar surface area (TPSA) is 29.5 Å². The van der Waals surface area contributed by atoms with Crippen molar-refractivity contribution in [1.29, 1.82) is 0 Å². The van der Waals surface area contributed by atoms with E-state index >= 15 is 0 Å². The Morgan fingerprint density at radius 2 is 1.88 bits per heavy atom. The van der Waals surface area contributed by atoms with Crippen LogP contribution < -0.4 is 9.64 Å². The van der Waals surface area contributed by atoms with Crippen LogP contribution >= 0.6 is 0 Å². The van der Waals surface area contributed by atoms with E-state index in [9.17, 15) is 4.79 Å². The maximum atomic E-state index is 11.8. The van der Waals surface area contributed by atoms with Crippen molar-refractivity contribution in [3.8, 4) is 5.75 Å². The molecular weight excluding hydrogens is 202 g/mol. The Morgan fingerprint density at radius 1 is 1.25 bits per heavy atom. The number of carbonyl (C=O) groups excluding carboxylic acids is 1. The molecule has 1 heterocycles. The summed E-state index contributed by atoms with van der Waals surface area (Å²) < 4.78 is 5.10. The zero-order valence-corrected chi connectivity index (χ0v) is 9.93. The molecule has 86 valence electrons. The van der Waals surface area contributed by atoms with Gasteiger partial charge in [0.05, 0.1) is 7.11 Å². The van der Waals surface area contributed by atoms with Gasteiger partial charge in [-0.3, -0.25) is 4.79 Å². The number of ether oxygens (including phenoxy) is 1. The van der Waals surface area contributed by atoms with Crippen molar-refractivity contribution in [2.45, 2.75) is 26.3 Å². The number of benzene rings is 1. The predicted octanol–water partition coefficient (Wildman–Crippen LogP) is 2.46. The van der Waals surface area contributed by atoms with Crippen molar-refractivity contribution >= 4 is 11.6 Å². The van der Waals surface area contributed by atoms with Gasteiger partial charge in [0.25, 0.3) is 0 Å². The molecule has 2 atom stereocenters. The van der Waals surface area contributed by atoms with Crippen LogP contribution in [0.3, 0.4) is 0 Å². The van der Waals surface area contributed by atoms with Crippen LogP contribution in [-0.2, 0) is 4.79 Å². The van der Waals surface area contributed by atoms with Crippen LogP contribution in [0.4, 0.5) is 5.69 Å². The summed E-state index contributed by atoms with van der Waals surface area (Å²) in [5.74, 6) is 1.45. The van der Waals surface area contributed by atoms with Crippen molar-refractivity contribution in [1.82, 2.24) is 0 Å². The average molecular weight is 219 g/mol. The Morgan fingerprint density at radius 3 is 2.31 bits per heavy atom. The van der Waals surface area contributed by atoms with Crippen molar-refractivity contribution in [2.24, 2.45) is 5.92 Å². The van der Waals surface area contributed by atoms with Crippen molar-refractivity contribution in [3.05, 3.63) is 24.3 Å². The van der Waals surface area contributed by atoms with Crippen LogP contribution in [0.5, 0.6) is 5.75 Å². The quantitative estimate of drug-likeness (QED) is 0.764. The summed E-state index contributed by atoms with van der Waals surface area (Å²) in [6.07, 6.45) is 0.646. The maximum Gasteiger partial charge on any atom is 0.227 e. The number of hydrogen-bond donors (Lipinski definition) is 0. The van der Waals surface area contributed by atoms with Crippen LogP contribution in [0.1, 0.15) is 20.3 Å². The van der Waals surface area contributed by atoms with Crippen molar-refractivity contribution in [2.75, 3.05) is 12.0 Å². The number of carbonyl (C=O) groups is 1. The van der Waals surface area contributed by atoms with E-state index in [4.69, 9.17) is 4.74 Å². The molecule has 0 N–H and O–H groups in total. The van der Waals surface area contributed by atoms with Gasteiger partial charge in [0.1, 0.15) is 5.75 Å². The Bertz CT molecular complexity index is 385. The summed E-state index contributed by atoms with van der Waals surface area (Å²) in [7, 11) is 1.64. The van der Waals surface area contributed by atoms with Gasteiger partial charge in [0, 0.05) is 18.2 Å². The SMILES string of the molecule is COc1ccc(N2C(=O)CC(C)C2C)cc1. The fraction of sp³-hybridized carbons (Fsp3) is 0.462. The van der Waals surface area contributed by atoms with E-state index < -0.39 is 0 Å². The molecule has 0 spiro atoms. The summed E-state index contributed by atoms with van der Waals surface area (Å²) >= 11 is 0. The number of rotatable bonds is 2. The molecule has 0 bridgehead atoms. The van der Waals surface area contributed by atoms with Gasteiger partial charge in [-0.25, -0.2) is 0 Å². The Hall–Kier alpha value is -1.51. The van der Waals surface area contributed by atoms with Gasteiger partial charge in [-0.1, -0.05) is 6.92 Å². The fourth-order valence-corrected chi connectivity index (χ4v) is 2.15. The zero-order chi connectivity index (χ0) is 11.7. The number of hydrogen-bond acceptors (Lipinski definition) is 2. The van der Waals surface area contributed by atoms with Crippen LogP contribution in [0.2, 0.25) is 0 Å². The first kappa shape index (κ1) is 11.0. The minimum atomic E-state index is 0.213. The number of amides is 1. The molecule has 2 rings (SSSR count). The first-order valence-electron chi connectivity index (χ1n) is 5.59. The number of methoxy groups -OCH3 is 1. The van der Waals surface area contributed by atoms with Crippen LogP contribution in [-0.4, -0.2) is 19.1 Å². The second kappa shape index (κ2) is 4.16. The first-order chi connectivity index (χ1) is 7.63. The van der Waals surface area contributed by atoms with Gasteiger partial charge in [0.2, 0.25) is 5.91 Å². The third kappa shape index (κ3) is 1.77. The molecule has 1 aliphatic rings. The van der Waals surface area contributed by atoms with E-state index in [0.29, 0.717) is 12.3 Å². The van der Waals surface area contributed by atoms with E-state index in [1.165, 1.54) is 0 Å². The second-order valence-corrected chi connectivity index (χ2v) is 4.38. The molecule has 2 unspecified atom stereocenters. The lowest BCUT2D eigenvalue weighted by Crippen LogP contribution is -2.32. The van der Waals surface area contributed by atoms with E-state index in [1.807, 2.05) is 29.2 Å². The van der Waals surface area contributed by atoms with Crippen LogP contribution in [0.25, 0.3) is 0 Å². The molecule has 3 heteroatoms. The van der Waals surface area contributed by atoms with E-state index in [2.05, 4.69) is 13.8 Å². The molecule has 1 saturated heterocycles. The molecule has 0 aliphatic carbocycles. The number of anilines is 1. The standard InChI is InChI=1S/C13H17NO2/c1-9-8-13(15)14(10(9)2)11-4-6-12(16-3)7-5-11/h4-7,9-10H,8H2,1-3H3. The lowest BCUT2D eigenvalue weighted by molar-refractivity contribution is -0.117. The summed E-state index contributed by atoms with van der Waals surface area (Å²) in [5, 5.41) is 0. The third-order valence-electron chi connectivity index (χ3n) is 3.35. The molecule has 1 aromatic rings. The van der Waals surface area contributed by atoms with Gasteiger partial charge in [-0.15, -0.1) is 0 Å². The van der Waals surface area contributed by atoms with Gasteiger partial charge in [-0.05, 0) is 37.1 Å². The predicted molar refractivity (Wildman–Crippen MR) is 63.7 cm³/mol. The molecule has 16 heavy (non-hydrogen) atoms. The summed E-state index contributed by atoms with van der Waals surface area (Å²) in [4.78, 5) is 13.7. The molecule has 1 fully saturated rings. The summed E-state index contributed by atoms with van der Waals surface area (Å²) in [5.41, 5.74) is 0.961. The van der Waals surface area contributed by atoms with Crippen molar-refractivity contribution in [3.63, 3.8) is 0 Å². The third-order valence-corrected chi connectivity index (χ3v) is 3.35. The largest absolute Gasteiger partial charge is 0.497 e. The van der Waals surface area contributed by atoms with Gasteiger partial charge >= 0.3 is 0 Å². The molecule has 1 aromatic carbocycles. The van der Waals surface area contributed by atoms with Crippen LogP contribution in [0.15, 0.2) is 24.3 Å². The molecule has 1 amide bonds. The molecular formula is C13H17NO2. The molecule has 0 radical (unpaired) electrons. The van der Waals surface area contributed by atoms with Crippen molar-refractivity contribution < 1.29 is 9.53 Å². The molecule has 3 nitrogen and oxygen atoms in total. The average Bonchev–Trinajstić information content (AvgIpc) is 2.54. The van der Waals surface area contributed by atoms with Gasteiger partial charge < -0.3 is 9.64 Å². The highest BCUT2D eigenvalue weighted by Crippen LogP contribution is 2.31. The highest BCUT2D eigenvalue weighted by molar-refractivity contribution is 5.96. The Kier molecular flexibility index (Phi) is 2.86. The smallest absolute Gasteiger partial charge is 0.227 e. The van der Waals surface area contributed by atoms with Gasteiger partial charge in [-0.2, -0.15) is 0 Å². The van der Waals surface area contributed by atoms with Gasteiger partial charge in [0.15, 0.2) is 0 Å². The zero-order valence-electron chi connectivity index (χ0n) is 9.93. The minimum Gasteiger partial charge on any atom is -0.497 e. The van der Waals surface area contributed by atoms with E-state index in [1.54, 1.807) is 7.11 Å². The summed E-state index contributed by atoms with van der Waals surface area (Å²) in [6.45, 7) is 4.21. The fourth-order valence-electron chi connectivity index (χ4n) is 2.15. The minimum absolute atomic E-state index is 0.213. The lowest BCUT2D eigenvalue weighted by atomic mass is 10.1. The lowest BCUT2D eigenvalue weighted by Gasteiger charge is -2.23. The highest BCUT2D eigenvalue weighted by Gasteiger charge is 2.34. The molecule has 0 aromatic heterocycles. The second-order valence-electron chi connectivity index (χ2n) is 4.38.